The highest BCUT2D eigenvalue weighted by Crippen LogP contribution is 2.35. The predicted octanol–water partition coefficient (Wildman–Crippen LogP) is 6.72. The van der Waals surface area contributed by atoms with Crippen LogP contribution in [0.5, 0.6) is 11.5 Å². The summed E-state index contributed by atoms with van der Waals surface area (Å²) in [5, 5.41) is 19.6. The zero-order valence-electron chi connectivity index (χ0n) is 20.0. The second kappa shape index (κ2) is 11.9. The number of amidine groups is 1. The van der Waals surface area contributed by atoms with Crippen molar-refractivity contribution >= 4 is 46.7 Å². The fourth-order valence-corrected chi connectivity index (χ4v) is 4.74. The highest BCUT2D eigenvalue weighted by Gasteiger charge is 2.34. The molecule has 1 aliphatic heterocycles. The van der Waals surface area contributed by atoms with Gasteiger partial charge in [0.25, 0.3) is 5.91 Å². The van der Waals surface area contributed by atoms with Gasteiger partial charge in [0.1, 0.15) is 23.9 Å². The largest absolute Gasteiger partial charge is 0.507 e. The number of aromatic hydroxyl groups is 1. The Balaban J connectivity index is 1.35. The number of benzene rings is 3. The van der Waals surface area contributed by atoms with Gasteiger partial charge in [-0.25, -0.2) is 0 Å². The molecule has 1 saturated heterocycles. The number of ether oxygens (including phenoxy) is 1. The summed E-state index contributed by atoms with van der Waals surface area (Å²) in [6.07, 6.45) is 4.73. The lowest BCUT2D eigenvalue weighted by molar-refractivity contribution is -0.122. The number of hydrogen-bond donors (Lipinski definition) is 1. The number of halogens is 1. The van der Waals surface area contributed by atoms with Gasteiger partial charge in [0.05, 0.1) is 23.9 Å². The molecule has 0 spiro atoms. The Bertz CT molecular complexity index is 1520. The number of nitrogens with zero attached hydrogens (tertiary/aromatic N) is 3. The van der Waals surface area contributed by atoms with E-state index in [2.05, 4.69) is 10.2 Å². The predicted molar refractivity (Wildman–Crippen MR) is 150 cm³/mol. The standard InChI is InChI=1S/C29H22ClN3O4S/c30-23-11-12-26(34)22(15-23)16-27-28(35)33(18-25-10-5-13-36-25)29(38-27)32-31-17-21-8-4-9-24(14-21)37-19-20-6-2-1-3-7-20/h1-17,34H,18-19H2/b27-16-,31-17+,32-29-. The fraction of sp³-hybridized carbons (Fsp3) is 0.0690. The number of thioether (sulfide) groups is 1. The molecule has 1 N–H and O–H groups in total. The molecule has 9 heteroatoms. The van der Waals surface area contributed by atoms with Crippen LogP contribution in [0.15, 0.2) is 111 Å². The zero-order chi connectivity index (χ0) is 26.3. The minimum absolute atomic E-state index is 0.0191. The van der Waals surface area contributed by atoms with Crippen LogP contribution in [0.25, 0.3) is 6.08 Å². The number of phenols is 1. The third-order valence-electron chi connectivity index (χ3n) is 5.51. The fourth-order valence-electron chi connectivity index (χ4n) is 3.63. The molecule has 1 fully saturated rings. The van der Waals surface area contributed by atoms with Crippen molar-refractivity contribution in [1.82, 2.24) is 4.90 Å². The van der Waals surface area contributed by atoms with E-state index in [4.69, 9.17) is 20.8 Å². The number of carbonyl (C=O) groups excluding carboxylic acids is 1. The molecule has 1 aliphatic rings. The van der Waals surface area contributed by atoms with Crippen molar-refractivity contribution in [2.75, 3.05) is 0 Å². The van der Waals surface area contributed by atoms with E-state index in [0.717, 1.165) is 22.9 Å². The molecule has 0 radical (unpaired) electrons. The minimum Gasteiger partial charge on any atom is -0.507 e. The summed E-state index contributed by atoms with van der Waals surface area (Å²) in [5.41, 5.74) is 2.31. The molecule has 0 bridgehead atoms. The van der Waals surface area contributed by atoms with Gasteiger partial charge in [-0.3, -0.25) is 9.69 Å². The first-order valence-electron chi connectivity index (χ1n) is 11.7. The van der Waals surface area contributed by atoms with Crippen LogP contribution in [0.3, 0.4) is 0 Å². The van der Waals surface area contributed by atoms with Gasteiger partial charge in [0.15, 0.2) is 5.17 Å². The Morgan fingerprint density at radius 1 is 1.03 bits per heavy atom. The third kappa shape index (κ3) is 6.34. The quantitative estimate of drug-likeness (QED) is 0.151. The SMILES string of the molecule is O=C1/C(=C/c2cc(Cl)ccc2O)S/C(=N\N=C\c2cccc(OCc3ccccc3)c2)N1Cc1ccco1. The lowest BCUT2D eigenvalue weighted by atomic mass is 10.2. The molecule has 7 nitrogen and oxygen atoms in total. The first kappa shape index (κ1) is 25.4. The number of phenolic OH excluding ortho intramolecular Hbond substituents is 1. The molecule has 4 aromatic rings. The van der Waals surface area contributed by atoms with Crippen LogP contribution in [0.4, 0.5) is 0 Å². The molecule has 0 saturated carbocycles. The van der Waals surface area contributed by atoms with E-state index in [9.17, 15) is 9.90 Å². The summed E-state index contributed by atoms with van der Waals surface area (Å²) in [7, 11) is 0. The number of carbonyl (C=O) groups is 1. The number of amides is 1. The second-order valence-electron chi connectivity index (χ2n) is 8.26. The number of rotatable bonds is 8. The van der Waals surface area contributed by atoms with E-state index < -0.39 is 0 Å². The van der Waals surface area contributed by atoms with E-state index in [1.165, 1.54) is 11.0 Å². The monoisotopic (exact) mass is 543 g/mol. The van der Waals surface area contributed by atoms with E-state index >= 15 is 0 Å². The van der Waals surface area contributed by atoms with Crippen LogP contribution in [0, 0.1) is 0 Å². The second-order valence-corrected chi connectivity index (χ2v) is 9.70. The molecule has 2 heterocycles. The number of furan rings is 1. The molecule has 38 heavy (non-hydrogen) atoms. The highest BCUT2D eigenvalue weighted by atomic mass is 35.5. The van der Waals surface area contributed by atoms with Crippen LogP contribution in [-0.4, -0.2) is 27.3 Å². The van der Waals surface area contributed by atoms with Gasteiger partial charge in [-0.15, -0.1) is 5.10 Å². The van der Waals surface area contributed by atoms with Gasteiger partial charge in [0.2, 0.25) is 0 Å². The molecular formula is C29H22ClN3O4S. The maximum atomic E-state index is 13.2. The van der Waals surface area contributed by atoms with Crippen molar-refractivity contribution in [2.45, 2.75) is 13.2 Å². The topological polar surface area (TPSA) is 87.6 Å². The van der Waals surface area contributed by atoms with Crippen molar-refractivity contribution in [2.24, 2.45) is 10.2 Å². The van der Waals surface area contributed by atoms with E-state index in [1.807, 2.05) is 54.6 Å². The Morgan fingerprint density at radius 3 is 2.71 bits per heavy atom. The molecule has 0 atom stereocenters. The van der Waals surface area contributed by atoms with Crippen molar-refractivity contribution in [3.05, 3.63) is 124 Å². The smallest absolute Gasteiger partial charge is 0.267 e. The van der Waals surface area contributed by atoms with E-state index in [0.29, 0.717) is 38.8 Å². The lowest BCUT2D eigenvalue weighted by Gasteiger charge is -2.12. The Labute approximate surface area is 228 Å². The summed E-state index contributed by atoms with van der Waals surface area (Å²) in [4.78, 5) is 15.1. The molecule has 190 valence electrons. The molecule has 1 amide bonds. The molecule has 5 rings (SSSR count). The zero-order valence-corrected chi connectivity index (χ0v) is 21.6. The van der Waals surface area contributed by atoms with Gasteiger partial charge in [-0.05, 0) is 71.4 Å². The van der Waals surface area contributed by atoms with E-state index in [-0.39, 0.29) is 18.2 Å². The molecule has 1 aromatic heterocycles. The van der Waals surface area contributed by atoms with Crippen molar-refractivity contribution < 1.29 is 19.1 Å². The molecule has 0 unspecified atom stereocenters. The number of hydrogen-bond acceptors (Lipinski definition) is 7. The lowest BCUT2D eigenvalue weighted by Crippen LogP contribution is -2.28. The van der Waals surface area contributed by atoms with Crippen LogP contribution >= 0.6 is 23.4 Å². The Kier molecular flexibility index (Phi) is 7.92. The minimum atomic E-state index is -0.281. The molecular weight excluding hydrogens is 522 g/mol. The summed E-state index contributed by atoms with van der Waals surface area (Å²) >= 11 is 7.23. The van der Waals surface area contributed by atoms with Crippen LogP contribution < -0.4 is 4.74 Å². The summed E-state index contributed by atoms with van der Waals surface area (Å²) < 4.78 is 11.3. The van der Waals surface area contributed by atoms with Crippen molar-refractivity contribution in [3.63, 3.8) is 0 Å². The molecule has 0 aliphatic carbocycles. The van der Waals surface area contributed by atoms with Gasteiger partial charge in [-0.2, -0.15) is 5.10 Å². The van der Waals surface area contributed by atoms with Gasteiger partial charge >= 0.3 is 0 Å². The van der Waals surface area contributed by atoms with Crippen LogP contribution in [0.2, 0.25) is 5.02 Å². The van der Waals surface area contributed by atoms with Crippen molar-refractivity contribution in [1.29, 1.82) is 0 Å². The maximum absolute atomic E-state index is 13.2. The normalized spacial score (nSPS) is 15.7. The Hall–Kier alpha value is -4.27. The van der Waals surface area contributed by atoms with E-state index in [1.54, 1.807) is 42.8 Å². The Morgan fingerprint density at radius 2 is 1.89 bits per heavy atom. The average Bonchev–Trinajstić information content (AvgIpc) is 3.55. The van der Waals surface area contributed by atoms with Crippen LogP contribution in [0.1, 0.15) is 22.5 Å². The van der Waals surface area contributed by atoms with Crippen LogP contribution in [-0.2, 0) is 17.9 Å². The van der Waals surface area contributed by atoms with Crippen molar-refractivity contribution in [3.8, 4) is 11.5 Å². The summed E-state index contributed by atoms with van der Waals surface area (Å²) in [6, 6.07) is 25.6. The third-order valence-corrected chi connectivity index (χ3v) is 6.75. The maximum Gasteiger partial charge on any atom is 0.267 e. The average molecular weight is 544 g/mol. The summed E-state index contributed by atoms with van der Waals surface area (Å²) in [5.74, 6) is 1.05. The molecule has 3 aromatic carbocycles. The first-order valence-corrected chi connectivity index (χ1v) is 12.8. The highest BCUT2D eigenvalue weighted by molar-refractivity contribution is 8.18. The van der Waals surface area contributed by atoms with Gasteiger partial charge in [0, 0.05) is 10.6 Å². The summed E-state index contributed by atoms with van der Waals surface area (Å²) in [6.45, 7) is 0.649. The van der Waals surface area contributed by atoms with Gasteiger partial charge in [-0.1, -0.05) is 54.1 Å². The van der Waals surface area contributed by atoms with Gasteiger partial charge < -0.3 is 14.3 Å². The first-order chi connectivity index (χ1) is 18.5.